The average Bonchev–Trinajstić information content (AvgIpc) is 2.59. The maximum Gasteiger partial charge on any atom is 0.194 e. The summed E-state index contributed by atoms with van der Waals surface area (Å²) in [5, 5.41) is 10.8. The number of ketones is 1. The second-order valence-corrected chi connectivity index (χ2v) is 3.55. The summed E-state index contributed by atoms with van der Waals surface area (Å²) < 4.78 is 1.71. The maximum absolute atomic E-state index is 11.2. The average molecular weight is 196 g/mol. The first kappa shape index (κ1) is 8.40. The van der Waals surface area contributed by atoms with Crippen molar-refractivity contribution in [2.45, 2.75) is 13.5 Å². The number of imidazole rings is 1. The van der Waals surface area contributed by atoms with E-state index in [9.17, 15) is 4.79 Å². The highest BCUT2D eigenvalue weighted by Gasteiger charge is 2.15. The number of Topliss-reactive ketones (excluding diaryl/α,β-unsaturated/α-hetero) is 1. The summed E-state index contributed by atoms with van der Waals surface area (Å²) >= 11 is 1.44. The molecule has 4 nitrogen and oxygen atoms in total. The predicted molar refractivity (Wildman–Crippen MR) is 49.0 cm³/mol. The molecular weight excluding hydrogens is 188 g/mol. The zero-order valence-corrected chi connectivity index (χ0v) is 7.84. The van der Waals surface area contributed by atoms with Crippen LogP contribution >= 0.6 is 11.3 Å². The molecule has 1 N–H and O–H groups in total. The van der Waals surface area contributed by atoms with Gasteiger partial charge in [0, 0.05) is 18.5 Å². The van der Waals surface area contributed by atoms with Gasteiger partial charge < -0.3 is 5.11 Å². The quantitative estimate of drug-likeness (QED) is 0.731. The fourth-order valence-electron chi connectivity index (χ4n) is 1.31. The minimum Gasteiger partial charge on any atom is -0.390 e. The molecule has 13 heavy (non-hydrogen) atoms. The molecule has 0 spiro atoms. The molecule has 2 aromatic rings. The van der Waals surface area contributed by atoms with Gasteiger partial charge in [0.15, 0.2) is 10.7 Å². The van der Waals surface area contributed by atoms with Gasteiger partial charge in [0.25, 0.3) is 0 Å². The van der Waals surface area contributed by atoms with Crippen LogP contribution < -0.4 is 0 Å². The van der Waals surface area contributed by atoms with Crippen molar-refractivity contribution >= 4 is 22.1 Å². The van der Waals surface area contributed by atoms with Crippen molar-refractivity contribution in [3.05, 3.63) is 23.0 Å². The molecule has 2 heterocycles. The highest BCUT2D eigenvalue weighted by Crippen LogP contribution is 2.17. The van der Waals surface area contributed by atoms with Crippen molar-refractivity contribution in [3.63, 3.8) is 0 Å². The summed E-state index contributed by atoms with van der Waals surface area (Å²) in [4.78, 5) is 16.1. The number of hydrogen-bond donors (Lipinski definition) is 1. The standard InChI is InChI=1S/C8H8N2O2S/c1-5(12)7-6(4-11)9-8-10(7)2-3-13-8/h2-3,11H,4H2,1H3. The molecule has 0 aliphatic heterocycles. The highest BCUT2D eigenvalue weighted by atomic mass is 32.1. The van der Waals surface area contributed by atoms with Gasteiger partial charge in [-0.15, -0.1) is 11.3 Å². The summed E-state index contributed by atoms with van der Waals surface area (Å²) in [6.07, 6.45) is 1.78. The van der Waals surface area contributed by atoms with Gasteiger partial charge in [0.2, 0.25) is 0 Å². The lowest BCUT2D eigenvalue weighted by molar-refractivity contribution is 0.100. The molecule has 0 aliphatic rings. The largest absolute Gasteiger partial charge is 0.390 e. The Labute approximate surface area is 78.5 Å². The molecule has 0 amide bonds. The third-order valence-electron chi connectivity index (χ3n) is 1.82. The van der Waals surface area contributed by atoms with Crippen molar-refractivity contribution in [3.8, 4) is 0 Å². The second kappa shape index (κ2) is 2.93. The van der Waals surface area contributed by atoms with Crippen LogP contribution in [-0.4, -0.2) is 20.3 Å². The fraction of sp³-hybridized carbons (Fsp3) is 0.250. The van der Waals surface area contributed by atoms with Gasteiger partial charge in [0.1, 0.15) is 5.69 Å². The summed E-state index contributed by atoms with van der Waals surface area (Å²) in [5.74, 6) is -0.0741. The molecule has 0 bridgehead atoms. The lowest BCUT2D eigenvalue weighted by atomic mass is 10.2. The SMILES string of the molecule is CC(=O)c1c(CO)nc2sccn12. The molecule has 68 valence electrons. The Balaban J connectivity index is 2.77. The zero-order valence-electron chi connectivity index (χ0n) is 7.02. The van der Waals surface area contributed by atoms with Gasteiger partial charge in [-0.05, 0) is 0 Å². The molecular formula is C8H8N2O2S. The van der Waals surface area contributed by atoms with E-state index >= 15 is 0 Å². The molecule has 2 rings (SSSR count). The molecule has 0 radical (unpaired) electrons. The Hall–Kier alpha value is -1.20. The van der Waals surface area contributed by atoms with Crippen molar-refractivity contribution in [2.24, 2.45) is 0 Å². The fourth-order valence-corrected chi connectivity index (χ4v) is 2.05. The Kier molecular flexibility index (Phi) is 1.90. The third kappa shape index (κ3) is 1.16. The van der Waals surface area contributed by atoms with Gasteiger partial charge in [-0.1, -0.05) is 0 Å². The van der Waals surface area contributed by atoms with E-state index in [4.69, 9.17) is 5.11 Å². The van der Waals surface area contributed by atoms with E-state index < -0.39 is 0 Å². The molecule has 5 heteroatoms. The molecule has 0 saturated heterocycles. The number of carbonyl (C=O) groups is 1. The van der Waals surface area contributed by atoms with Crippen molar-refractivity contribution in [1.29, 1.82) is 0 Å². The molecule has 0 fully saturated rings. The van der Waals surface area contributed by atoms with Gasteiger partial charge in [-0.2, -0.15) is 0 Å². The molecule has 0 aliphatic carbocycles. The first-order chi connectivity index (χ1) is 6.24. The Morgan fingerprint density at radius 2 is 2.54 bits per heavy atom. The van der Waals surface area contributed by atoms with E-state index in [1.165, 1.54) is 18.3 Å². The number of rotatable bonds is 2. The van der Waals surface area contributed by atoms with Gasteiger partial charge in [0.05, 0.1) is 12.3 Å². The molecule has 2 aromatic heterocycles. The van der Waals surface area contributed by atoms with E-state index in [2.05, 4.69) is 4.98 Å². The molecule has 0 unspecified atom stereocenters. The summed E-state index contributed by atoms with van der Waals surface area (Å²) in [6, 6.07) is 0. The number of nitrogens with zero attached hydrogens (tertiary/aromatic N) is 2. The highest BCUT2D eigenvalue weighted by molar-refractivity contribution is 7.15. The van der Waals surface area contributed by atoms with Gasteiger partial charge in [-0.3, -0.25) is 9.20 Å². The van der Waals surface area contributed by atoms with Crippen LogP contribution in [0.15, 0.2) is 11.6 Å². The maximum atomic E-state index is 11.2. The van der Waals surface area contributed by atoms with Crippen LogP contribution in [0.4, 0.5) is 0 Å². The molecule has 0 atom stereocenters. The van der Waals surface area contributed by atoms with Crippen LogP contribution in [0.2, 0.25) is 0 Å². The van der Waals surface area contributed by atoms with Crippen LogP contribution in [0.5, 0.6) is 0 Å². The Bertz CT molecular complexity index is 458. The van der Waals surface area contributed by atoms with Gasteiger partial charge >= 0.3 is 0 Å². The first-order valence-electron chi connectivity index (χ1n) is 3.80. The van der Waals surface area contributed by atoms with Crippen LogP contribution in [0.25, 0.3) is 4.96 Å². The first-order valence-corrected chi connectivity index (χ1v) is 4.68. The topological polar surface area (TPSA) is 54.6 Å². The third-order valence-corrected chi connectivity index (χ3v) is 2.57. The predicted octanol–water partition coefficient (Wildman–Crippen LogP) is 1.09. The number of thiazole rings is 1. The second-order valence-electron chi connectivity index (χ2n) is 2.68. The lowest BCUT2D eigenvalue weighted by Gasteiger charge is -1.94. The van der Waals surface area contributed by atoms with Crippen molar-refractivity contribution in [1.82, 2.24) is 9.38 Å². The number of carbonyl (C=O) groups excluding carboxylic acids is 1. The van der Waals surface area contributed by atoms with E-state index in [0.717, 1.165) is 4.96 Å². The number of aliphatic hydroxyl groups is 1. The lowest BCUT2D eigenvalue weighted by Crippen LogP contribution is -2.01. The number of fused-ring (bicyclic) bond motifs is 1. The van der Waals surface area contributed by atoms with Crippen molar-refractivity contribution < 1.29 is 9.90 Å². The van der Waals surface area contributed by atoms with Crippen LogP contribution in [0.3, 0.4) is 0 Å². The summed E-state index contributed by atoms with van der Waals surface area (Å²) in [6.45, 7) is 1.28. The van der Waals surface area contributed by atoms with E-state index in [1.807, 2.05) is 5.38 Å². The Morgan fingerprint density at radius 1 is 1.77 bits per heavy atom. The Morgan fingerprint density at radius 3 is 3.15 bits per heavy atom. The number of hydrogen-bond acceptors (Lipinski definition) is 4. The van der Waals surface area contributed by atoms with Gasteiger partial charge in [-0.25, -0.2) is 4.98 Å². The van der Waals surface area contributed by atoms with E-state index in [1.54, 1.807) is 10.6 Å². The summed E-state index contributed by atoms with van der Waals surface area (Å²) in [7, 11) is 0. The van der Waals surface area contributed by atoms with E-state index in [0.29, 0.717) is 11.4 Å². The summed E-state index contributed by atoms with van der Waals surface area (Å²) in [5.41, 5.74) is 0.943. The van der Waals surface area contributed by atoms with E-state index in [-0.39, 0.29) is 12.4 Å². The molecule has 0 saturated carbocycles. The molecule has 0 aromatic carbocycles. The van der Waals surface area contributed by atoms with Crippen LogP contribution in [-0.2, 0) is 6.61 Å². The van der Waals surface area contributed by atoms with Crippen LogP contribution in [0, 0.1) is 0 Å². The minimum atomic E-state index is -0.191. The smallest absolute Gasteiger partial charge is 0.194 e. The minimum absolute atomic E-state index is 0.0741. The van der Waals surface area contributed by atoms with Crippen molar-refractivity contribution in [2.75, 3.05) is 0 Å². The van der Waals surface area contributed by atoms with Crippen LogP contribution in [0.1, 0.15) is 23.1 Å². The zero-order chi connectivity index (χ0) is 9.42. The monoisotopic (exact) mass is 196 g/mol. The number of aromatic nitrogens is 2. The number of aliphatic hydroxyl groups excluding tert-OH is 1. The normalized spacial score (nSPS) is 10.9.